The number of halogens is 2. The van der Waals surface area contributed by atoms with Crippen LogP contribution in [0.15, 0.2) is 42.6 Å². The number of hydrogen-bond donors (Lipinski definition) is 0. The average Bonchev–Trinajstić information content (AvgIpc) is 3.49. The van der Waals surface area contributed by atoms with Gasteiger partial charge in [-0.15, -0.1) is 0 Å². The van der Waals surface area contributed by atoms with Crippen LogP contribution < -0.4 is 4.74 Å². The van der Waals surface area contributed by atoms with Crippen molar-refractivity contribution in [3.8, 4) is 5.88 Å². The molecule has 3 heterocycles. The van der Waals surface area contributed by atoms with Gasteiger partial charge in [0.05, 0.1) is 11.6 Å². The van der Waals surface area contributed by atoms with Crippen LogP contribution in [-0.2, 0) is 9.59 Å². The third-order valence-electron chi connectivity index (χ3n) is 7.84. The molecule has 1 unspecified atom stereocenters. The van der Waals surface area contributed by atoms with Gasteiger partial charge in [-0.05, 0) is 49.4 Å². The highest BCUT2D eigenvalue weighted by atomic mass is 35.5. The predicted molar refractivity (Wildman–Crippen MR) is 136 cm³/mol. The number of nitrogens with zero attached hydrogens (tertiary/aromatic N) is 3. The van der Waals surface area contributed by atoms with Crippen molar-refractivity contribution >= 4 is 35.0 Å². The number of ether oxygens (including phenoxy) is 1. The highest BCUT2D eigenvalue weighted by molar-refractivity contribution is 6.30. The van der Waals surface area contributed by atoms with Gasteiger partial charge in [0, 0.05) is 66.6 Å². The van der Waals surface area contributed by atoms with E-state index in [9.17, 15) is 9.59 Å². The maximum Gasteiger partial charge on any atom is 0.228 e. The first-order valence-corrected chi connectivity index (χ1v) is 13.2. The number of amides is 2. The van der Waals surface area contributed by atoms with E-state index in [1.807, 2.05) is 34.1 Å². The van der Waals surface area contributed by atoms with Crippen LogP contribution >= 0.6 is 23.2 Å². The minimum atomic E-state index is -0.149. The van der Waals surface area contributed by atoms with Gasteiger partial charge in [0.2, 0.25) is 17.7 Å². The summed E-state index contributed by atoms with van der Waals surface area (Å²) in [5.74, 6) is 1.24. The summed E-state index contributed by atoms with van der Waals surface area (Å²) in [7, 11) is 0. The molecule has 6 nitrogen and oxygen atoms in total. The summed E-state index contributed by atoms with van der Waals surface area (Å²) in [4.78, 5) is 34.4. The third kappa shape index (κ3) is 5.44. The van der Waals surface area contributed by atoms with Crippen molar-refractivity contribution in [2.24, 2.45) is 17.3 Å². The first-order chi connectivity index (χ1) is 16.8. The number of pyridine rings is 1. The van der Waals surface area contributed by atoms with E-state index in [1.54, 1.807) is 18.3 Å². The minimum absolute atomic E-state index is 0.0328. The highest BCUT2D eigenvalue weighted by Gasteiger charge is 2.48. The zero-order valence-electron chi connectivity index (χ0n) is 20.0. The molecule has 35 heavy (non-hydrogen) atoms. The van der Waals surface area contributed by atoms with Gasteiger partial charge in [-0.3, -0.25) is 9.59 Å². The first-order valence-electron chi connectivity index (χ1n) is 12.4. The lowest BCUT2D eigenvalue weighted by molar-refractivity contribution is -0.142. The lowest BCUT2D eigenvalue weighted by Crippen LogP contribution is -2.45. The van der Waals surface area contributed by atoms with Crippen LogP contribution in [-0.4, -0.2) is 59.4 Å². The molecule has 2 aromatic rings. The topological polar surface area (TPSA) is 62.7 Å². The molecule has 2 atom stereocenters. The summed E-state index contributed by atoms with van der Waals surface area (Å²) in [6.07, 6.45) is 5.01. The Bertz CT molecular complexity index is 1060. The standard InChI is InChI=1S/C27H31Cl2N3O3/c1-27(10-11-27)26(34)31-12-8-19(9-13-31)25(33)32-15-20(17-35-24-7-6-22(29)14-30-24)23(16-32)18-2-4-21(28)5-3-18/h2-7,14,19-20,23H,8-13,15-17H2,1H3/t20?,23-/m1/s1. The Balaban J connectivity index is 1.24. The van der Waals surface area contributed by atoms with E-state index in [0.717, 1.165) is 31.2 Å². The molecule has 3 aliphatic rings. The summed E-state index contributed by atoms with van der Waals surface area (Å²) in [6, 6.07) is 11.4. The van der Waals surface area contributed by atoms with Gasteiger partial charge in [0.15, 0.2) is 0 Å². The second-order valence-corrected chi connectivity index (χ2v) is 11.3. The molecule has 0 bridgehead atoms. The van der Waals surface area contributed by atoms with E-state index >= 15 is 0 Å². The molecule has 0 radical (unpaired) electrons. The lowest BCUT2D eigenvalue weighted by Gasteiger charge is -2.34. The van der Waals surface area contributed by atoms with Crippen LogP contribution in [0.25, 0.3) is 0 Å². The maximum absolute atomic E-state index is 13.5. The highest BCUT2D eigenvalue weighted by Crippen LogP contribution is 2.47. The molecule has 1 saturated carbocycles. The zero-order valence-corrected chi connectivity index (χ0v) is 21.5. The second-order valence-electron chi connectivity index (χ2n) is 10.4. The quantitative estimate of drug-likeness (QED) is 0.539. The second kappa shape index (κ2) is 9.98. The molecule has 186 valence electrons. The minimum Gasteiger partial charge on any atom is -0.477 e. The van der Waals surface area contributed by atoms with Crippen molar-refractivity contribution in [2.75, 3.05) is 32.8 Å². The number of likely N-dealkylation sites (tertiary alicyclic amines) is 2. The molecule has 8 heteroatoms. The van der Waals surface area contributed by atoms with Crippen LogP contribution in [0.2, 0.25) is 10.0 Å². The molecule has 2 aliphatic heterocycles. The van der Waals surface area contributed by atoms with E-state index in [0.29, 0.717) is 48.7 Å². The number of piperidine rings is 1. The Morgan fingerprint density at radius 2 is 1.69 bits per heavy atom. The van der Waals surface area contributed by atoms with Gasteiger partial charge in [-0.1, -0.05) is 42.3 Å². The fourth-order valence-electron chi connectivity index (χ4n) is 5.32. The Labute approximate surface area is 216 Å². The lowest BCUT2D eigenvalue weighted by atomic mass is 9.89. The molecule has 1 aromatic carbocycles. The van der Waals surface area contributed by atoms with Crippen molar-refractivity contribution in [2.45, 2.75) is 38.5 Å². The van der Waals surface area contributed by atoms with Gasteiger partial charge in [0.1, 0.15) is 0 Å². The Hall–Kier alpha value is -2.31. The smallest absolute Gasteiger partial charge is 0.228 e. The van der Waals surface area contributed by atoms with Gasteiger partial charge in [0.25, 0.3) is 0 Å². The van der Waals surface area contributed by atoms with Gasteiger partial charge in [-0.25, -0.2) is 4.98 Å². The van der Waals surface area contributed by atoms with Crippen LogP contribution in [0.1, 0.15) is 44.1 Å². The summed E-state index contributed by atoms with van der Waals surface area (Å²) in [6.45, 7) is 5.14. The summed E-state index contributed by atoms with van der Waals surface area (Å²) in [5.41, 5.74) is 1.00. The monoisotopic (exact) mass is 515 g/mol. The van der Waals surface area contributed by atoms with Crippen LogP contribution in [0.3, 0.4) is 0 Å². The number of hydrogen-bond acceptors (Lipinski definition) is 4. The Morgan fingerprint density at radius 1 is 1.00 bits per heavy atom. The van der Waals surface area contributed by atoms with E-state index < -0.39 is 0 Å². The van der Waals surface area contributed by atoms with Gasteiger partial charge < -0.3 is 14.5 Å². The van der Waals surface area contributed by atoms with Gasteiger partial charge in [-0.2, -0.15) is 0 Å². The SMILES string of the molecule is CC1(C(=O)N2CCC(C(=O)N3CC(COc4ccc(Cl)cn4)[C@@H](c4ccc(Cl)cc4)C3)CC2)CC1. The molecule has 2 saturated heterocycles. The number of carbonyl (C=O) groups is 2. The van der Waals surface area contributed by atoms with E-state index in [4.69, 9.17) is 27.9 Å². The fraction of sp³-hybridized carbons (Fsp3) is 0.519. The van der Waals surface area contributed by atoms with E-state index in [1.165, 1.54) is 0 Å². The fourth-order valence-corrected chi connectivity index (χ4v) is 5.56. The average molecular weight is 516 g/mol. The largest absolute Gasteiger partial charge is 0.477 e. The molecule has 3 fully saturated rings. The number of rotatable bonds is 6. The van der Waals surface area contributed by atoms with Crippen molar-refractivity contribution in [3.63, 3.8) is 0 Å². The predicted octanol–water partition coefficient (Wildman–Crippen LogP) is 5.05. The summed E-state index contributed by atoms with van der Waals surface area (Å²) < 4.78 is 5.99. The van der Waals surface area contributed by atoms with Crippen LogP contribution in [0.5, 0.6) is 5.88 Å². The number of carbonyl (C=O) groups excluding carboxylic acids is 2. The summed E-state index contributed by atoms with van der Waals surface area (Å²) >= 11 is 12.1. The molecule has 1 aromatic heterocycles. The molecular weight excluding hydrogens is 485 g/mol. The zero-order chi connectivity index (χ0) is 24.6. The Kier molecular flexibility index (Phi) is 6.95. The Morgan fingerprint density at radius 3 is 2.31 bits per heavy atom. The molecule has 0 spiro atoms. The van der Waals surface area contributed by atoms with Crippen molar-refractivity contribution in [1.29, 1.82) is 0 Å². The molecular formula is C27H31Cl2N3O3. The first kappa shape index (κ1) is 24.4. The molecule has 1 aliphatic carbocycles. The van der Waals surface area contributed by atoms with E-state index in [-0.39, 0.29) is 35.0 Å². The van der Waals surface area contributed by atoms with E-state index in [2.05, 4.69) is 11.9 Å². The normalized spacial score (nSPS) is 23.9. The number of aromatic nitrogens is 1. The van der Waals surface area contributed by atoms with Gasteiger partial charge >= 0.3 is 0 Å². The molecule has 5 rings (SSSR count). The number of benzene rings is 1. The van der Waals surface area contributed by atoms with Crippen molar-refractivity contribution in [1.82, 2.24) is 14.8 Å². The third-order valence-corrected chi connectivity index (χ3v) is 8.32. The van der Waals surface area contributed by atoms with Crippen molar-refractivity contribution < 1.29 is 14.3 Å². The van der Waals surface area contributed by atoms with Crippen LogP contribution in [0.4, 0.5) is 0 Å². The van der Waals surface area contributed by atoms with Crippen molar-refractivity contribution in [3.05, 3.63) is 58.2 Å². The summed E-state index contributed by atoms with van der Waals surface area (Å²) in [5, 5.41) is 1.26. The molecule has 2 amide bonds. The maximum atomic E-state index is 13.5. The van der Waals surface area contributed by atoms with Crippen LogP contribution in [0, 0.1) is 17.3 Å². The molecule has 0 N–H and O–H groups in total.